The Hall–Kier alpha value is -2.22. The average Bonchev–Trinajstić information content (AvgIpc) is 2.18. The van der Waals surface area contributed by atoms with Crippen LogP contribution in [0.4, 0.5) is 11.4 Å². The van der Waals surface area contributed by atoms with E-state index in [9.17, 15) is 0 Å². The van der Waals surface area contributed by atoms with Crippen molar-refractivity contribution in [2.75, 3.05) is 19.0 Å². The number of anilines is 1. The highest BCUT2D eigenvalue weighted by atomic mass is 15.1. The molecule has 1 aromatic carbocycles. The first-order chi connectivity index (χ1) is 7.13. The number of nitrogens with one attached hydrogen (secondary N) is 1. The number of hydrogen-bond donors (Lipinski definition) is 2. The lowest BCUT2D eigenvalue weighted by Crippen LogP contribution is -2.26. The molecule has 0 atom stereocenters. The quantitative estimate of drug-likeness (QED) is 0.322. The lowest BCUT2D eigenvalue weighted by Gasteiger charge is -2.11. The standard InChI is InChI=1S/C10H13N5/c1-15(2)9-5-3-8(4-6-9)14-10(12)13-7-11/h3-6H,1-2H3,(H3,12,13,14). The topological polar surface area (TPSA) is 77.4 Å². The van der Waals surface area contributed by atoms with Crippen molar-refractivity contribution < 1.29 is 0 Å². The van der Waals surface area contributed by atoms with E-state index in [-0.39, 0.29) is 5.96 Å². The van der Waals surface area contributed by atoms with Crippen molar-refractivity contribution in [1.29, 1.82) is 5.26 Å². The molecular weight excluding hydrogens is 190 g/mol. The van der Waals surface area contributed by atoms with Gasteiger partial charge in [-0.3, -0.25) is 5.32 Å². The first-order valence-electron chi connectivity index (χ1n) is 4.40. The Labute approximate surface area is 88.8 Å². The lowest BCUT2D eigenvalue weighted by molar-refractivity contribution is 1.13. The number of aliphatic imine (C=N–C) groups is 1. The second kappa shape index (κ2) is 4.86. The molecule has 0 radical (unpaired) electrons. The summed E-state index contributed by atoms with van der Waals surface area (Å²) in [6.45, 7) is 0. The molecule has 0 fully saturated rings. The Morgan fingerprint density at radius 2 is 2.00 bits per heavy atom. The summed E-state index contributed by atoms with van der Waals surface area (Å²) in [6.07, 6.45) is 1.70. The number of nitrogens with zero attached hydrogens (tertiary/aromatic N) is 3. The molecule has 0 aliphatic rings. The van der Waals surface area contributed by atoms with E-state index in [1.165, 1.54) is 0 Å². The molecule has 3 N–H and O–H groups in total. The van der Waals surface area contributed by atoms with E-state index in [4.69, 9.17) is 11.0 Å². The Morgan fingerprint density at radius 1 is 1.40 bits per heavy atom. The Balaban J connectivity index is 2.81. The highest BCUT2D eigenvalue weighted by molar-refractivity contribution is 5.82. The second-order valence-electron chi connectivity index (χ2n) is 3.14. The molecule has 0 aliphatic carbocycles. The van der Waals surface area contributed by atoms with Crippen molar-refractivity contribution >= 4 is 17.3 Å². The molecule has 0 heterocycles. The zero-order valence-corrected chi connectivity index (χ0v) is 8.73. The molecule has 0 amide bonds. The maximum atomic E-state index is 8.30. The predicted molar refractivity (Wildman–Crippen MR) is 60.8 cm³/mol. The third kappa shape index (κ3) is 3.19. The first-order valence-corrected chi connectivity index (χ1v) is 4.40. The molecular formula is C10H13N5. The van der Waals surface area contributed by atoms with Gasteiger partial charge in [0.15, 0.2) is 6.19 Å². The lowest BCUT2D eigenvalue weighted by atomic mass is 10.3. The van der Waals surface area contributed by atoms with Crippen LogP contribution in [0.5, 0.6) is 0 Å². The minimum Gasteiger partial charge on any atom is -0.378 e. The van der Waals surface area contributed by atoms with Crippen molar-refractivity contribution in [2.45, 2.75) is 0 Å². The SMILES string of the molecule is CN(C)c1ccc(N=C(N)NC#N)cc1. The number of guanidine groups is 1. The van der Waals surface area contributed by atoms with Crippen LogP contribution in [-0.4, -0.2) is 20.1 Å². The van der Waals surface area contributed by atoms with Crippen LogP contribution >= 0.6 is 0 Å². The third-order valence-electron chi connectivity index (χ3n) is 1.80. The van der Waals surface area contributed by atoms with Gasteiger partial charge in [0.05, 0.1) is 5.69 Å². The van der Waals surface area contributed by atoms with E-state index in [1.54, 1.807) is 6.19 Å². The fraction of sp³-hybridized carbons (Fsp3) is 0.200. The zero-order chi connectivity index (χ0) is 11.3. The van der Waals surface area contributed by atoms with Gasteiger partial charge >= 0.3 is 0 Å². The Morgan fingerprint density at radius 3 is 2.47 bits per heavy atom. The number of benzene rings is 1. The second-order valence-corrected chi connectivity index (χ2v) is 3.14. The van der Waals surface area contributed by atoms with Crippen LogP contribution in [0.1, 0.15) is 0 Å². The molecule has 0 unspecified atom stereocenters. The maximum Gasteiger partial charge on any atom is 0.207 e. The molecule has 1 aromatic rings. The fourth-order valence-corrected chi connectivity index (χ4v) is 1.05. The molecule has 0 spiro atoms. The summed E-state index contributed by atoms with van der Waals surface area (Å²) in [5, 5.41) is 10.6. The van der Waals surface area contributed by atoms with Gasteiger partial charge in [-0.1, -0.05) is 0 Å². The first kappa shape index (κ1) is 10.9. The van der Waals surface area contributed by atoms with Crippen LogP contribution in [-0.2, 0) is 0 Å². The van der Waals surface area contributed by atoms with E-state index in [1.807, 2.05) is 43.3 Å². The molecule has 0 bridgehead atoms. The van der Waals surface area contributed by atoms with Crippen LogP contribution in [0.2, 0.25) is 0 Å². The minimum absolute atomic E-state index is 0.0927. The molecule has 15 heavy (non-hydrogen) atoms. The van der Waals surface area contributed by atoms with Crippen molar-refractivity contribution in [3.63, 3.8) is 0 Å². The summed E-state index contributed by atoms with van der Waals surface area (Å²) >= 11 is 0. The molecule has 5 heteroatoms. The van der Waals surface area contributed by atoms with Gasteiger partial charge in [-0.25, -0.2) is 4.99 Å². The van der Waals surface area contributed by atoms with E-state index < -0.39 is 0 Å². The average molecular weight is 203 g/mol. The van der Waals surface area contributed by atoms with Gasteiger partial charge in [0.2, 0.25) is 5.96 Å². The van der Waals surface area contributed by atoms with Crippen molar-refractivity contribution in [1.82, 2.24) is 5.32 Å². The van der Waals surface area contributed by atoms with Crippen molar-refractivity contribution in [3.8, 4) is 6.19 Å². The predicted octanol–water partition coefficient (Wildman–Crippen LogP) is 0.769. The zero-order valence-electron chi connectivity index (χ0n) is 8.73. The fourth-order valence-electron chi connectivity index (χ4n) is 1.05. The largest absolute Gasteiger partial charge is 0.378 e. The highest BCUT2D eigenvalue weighted by Gasteiger charge is 1.95. The van der Waals surface area contributed by atoms with E-state index in [0.29, 0.717) is 5.69 Å². The monoisotopic (exact) mass is 203 g/mol. The number of hydrogen-bond acceptors (Lipinski definition) is 3. The van der Waals surface area contributed by atoms with Crippen molar-refractivity contribution in [2.24, 2.45) is 10.7 Å². The van der Waals surface area contributed by atoms with Crippen LogP contribution in [0.3, 0.4) is 0 Å². The van der Waals surface area contributed by atoms with Crippen LogP contribution in [0.25, 0.3) is 0 Å². The number of nitrogens with two attached hydrogens (primary N) is 1. The van der Waals surface area contributed by atoms with Gasteiger partial charge in [-0.2, -0.15) is 5.26 Å². The molecule has 5 nitrogen and oxygen atoms in total. The Bertz CT molecular complexity index is 385. The maximum absolute atomic E-state index is 8.30. The number of nitriles is 1. The third-order valence-corrected chi connectivity index (χ3v) is 1.80. The van der Waals surface area contributed by atoms with E-state index in [0.717, 1.165) is 5.69 Å². The van der Waals surface area contributed by atoms with Gasteiger partial charge in [0.25, 0.3) is 0 Å². The molecule has 0 aromatic heterocycles. The van der Waals surface area contributed by atoms with Crippen LogP contribution in [0.15, 0.2) is 29.3 Å². The van der Waals surface area contributed by atoms with Gasteiger partial charge in [0.1, 0.15) is 0 Å². The minimum atomic E-state index is 0.0927. The molecule has 1 rings (SSSR count). The summed E-state index contributed by atoms with van der Waals surface area (Å²) in [6, 6.07) is 7.53. The summed E-state index contributed by atoms with van der Waals surface area (Å²) in [4.78, 5) is 5.98. The molecule has 0 saturated carbocycles. The molecule has 0 saturated heterocycles. The van der Waals surface area contributed by atoms with Gasteiger partial charge < -0.3 is 10.6 Å². The van der Waals surface area contributed by atoms with Gasteiger partial charge in [-0.05, 0) is 24.3 Å². The summed E-state index contributed by atoms with van der Waals surface area (Å²) in [5.41, 5.74) is 7.21. The Kier molecular flexibility index (Phi) is 3.52. The number of rotatable bonds is 2. The molecule has 0 aliphatic heterocycles. The summed E-state index contributed by atoms with van der Waals surface area (Å²) in [7, 11) is 3.92. The van der Waals surface area contributed by atoms with Crippen molar-refractivity contribution in [3.05, 3.63) is 24.3 Å². The van der Waals surface area contributed by atoms with E-state index >= 15 is 0 Å². The summed E-state index contributed by atoms with van der Waals surface area (Å²) < 4.78 is 0. The van der Waals surface area contributed by atoms with Crippen LogP contribution in [0, 0.1) is 11.5 Å². The van der Waals surface area contributed by atoms with Crippen LogP contribution < -0.4 is 16.0 Å². The normalized spacial score (nSPS) is 10.6. The molecule has 78 valence electrons. The highest BCUT2D eigenvalue weighted by Crippen LogP contribution is 2.17. The van der Waals surface area contributed by atoms with Gasteiger partial charge in [0, 0.05) is 19.8 Å². The van der Waals surface area contributed by atoms with Gasteiger partial charge in [-0.15, -0.1) is 0 Å². The van der Waals surface area contributed by atoms with E-state index in [2.05, 4.69) is 10.3 Å². The smallest absolute Gasteiger partial charge is 0.207 e. The summed E-state index contributed by atoms with van der Waals surface area (Å²) in [5.74, 6) is 0.0927.